The number of carboxylic acid groups (broad SMARTS) is 1. The molecule has 1 saturated heterocycles. The maximum atomic E-state index is 11.2. The smallest absolute Gasteiger partial charge is 0.337 e. The zero-order valence-corrected chi connectivity index (χ0v) is 9.46. The Hall–Kier alpha value is -2.37. The number of amides is 1. The lowest BCUT2D eigenvalue weighted by Gasteiger charge is -2.11. The predicted molar refractivity (Wildman–Crippen MR) is 63.4 cm³/mol. The molecule has 0 bridgehead atoms. The van der Waals surface area contributed by atoms with Crippen molar-refractivity contribution in [2.75, 3.05) is 6.54 Å². The van der Waals surface area contributed by atoms with Crippen molar-refractivity contribution in [1.82, 2.24) is 14.9 Å². The number of aromatic carboxylic acids is 1. The molecule has 2 heterocycles. The first-order valence-electron chi connectivity index (χ1n) is 5.62. The summed E-state index contributed by atoms with van der Waals surface area (Å²) in [7, 11) is 0. The van der Waals surface area contributed by atoms with Gasteiger partial charge in [0.15, 0.2) is 0 Å². The lowest BCUT2D eigenvalue weighted by atomic mass is 10.1. The molecule has 1 atom stereocenters. The third-order valence-corrected chi connectivity index (χ3v) is 3.17. The number of hydrogen-bond donors (Lipinski definition) is 2. The van der Waals surface area contributed by atoms with Crippen molar-refractivity contribution in [2.24, 2.45) is 0 Å². The van der Waals surface area contributed by atoms with Gasteiger partial charge in [-0.05, 0) is 12.1 Å². The van der Waals surface area contributed by atoms with Crippen LogP contribution in [0.5, 0.6) is 0 Å². The summed E-state index contributed by atoms with van der Waals surface area (Å²) in [6, 6.07) is 4.92. The van der Waals surface area contributed by atoms with Crippen LogP contribution >= 0.6 is 0 Å². The summed E-state index contributed by atoms with van der Waals surface area (Å²) in [6.45, 7) is 0.512. The molecule has 2 aromatic rings. The minimum atomic E-state index is -0.986. The monoisotopic (exact) mass is 245 g/mol. The lowest BCUT2D eigenvalue weighted by Crippen LogP contribution is -2.15. The van der Waals surface area contributed by atoms with Crippen LogP contribution in [-0.2, 0) is 4.79 Å². The minimum absolute atomic E-state index is 0.0188. The summed E-state index contributed by atoms with van der Waals surface area (Å²) in [4.78, 5) is 26.7. The Morgan fingerprint density at radius 3 is 3.00 bits per heavy atom. The molecule has 0 aliphatic carbocycles. The van der Waals surface area contributed by atoms with Gasteiger partial charge in [0.1, 0.15) is 0 Å². The number of rotatable bonds is 2. The second kappa shape index (κ2) is 3.83. The molecule has 6 nitrogen and oxygen atoms in total. The van der Waals surface area contributed by atoms with Gasteiger partial charge in [-0.1, -0.05) is 6.07 Å². The second-order valence-electron chi connectivity index (χ2n) is 4.29. The molecular weight excluding hydrogens is 234 g/mol. The summed E-state index contributed by atoms with van der Waals surface area (Å²) >= 11 is 0. The van der Waals surface area contributed by atoms with E-state index in [0.29, 0.717) is 24.0 Å². The first-order valence-corrected chi connectivity index (χ1v) is 5.62. The second-order valence-corrected chi connectivity index (χ2v) is 4.29. The van der Waals surface area contributed by atoms with E-state index in [1.54, 1.807) is 29.1 Å². The van der Waals surface area contributed by atoms with E-state index in [4.69, 9.17) is 0 Å². The Morgan fingerprint density at radius 2 is 2.33 bits per heavy atom. The topological polar surface area (TPSA) is 84.2 Å². The summed E-state index contributed by atoms with van der Waals surface area (Å²) in [5.74, 6) is -1.01. The van der Waals surface area contributed by atoms with Crippen LogP contribution < -0.4 is 5.32 Å². The largest absolute Gasteiger partial charge is 0.478 e. The van der Waals surface area contributed by atoms with Crippen LogP contribution in [0.15, 0.2) is 24.5 Å². The molecular formula is C12H11N3O3. The number of carboxylic acids is 1. The van der Waals surface area contributed by atoms with Gasteiger partial charge in [0.05, 0.1) is 29.0 Å². The van der Waals surface area contributed by atoms with Crippen molar-refractivity contribution in [2.45, 2.75) is 12.5 Å². The Bertz CT molecular complexity index is 647. The standard InChI is InChI=1S/C12H11N3O3/c16-10-4-7(5-13-10)15-6-14-9-3-1-2-8(11(9)15)12(17)18/h1-3,6-7H,4-5H2,(H,13,16)(H,17,18). The number of fused-ring (bicyclic) bond motifs is 1. The molecule has 3 rings (SSSR count). The van der Waals surface area contributed by atoms with Gasteiger partial charge in [0, 0.05) is 13.0 Å². The number of aromatic nitrogens is 2. The van der Waals surface area contributed by atoms with Gasteiger partial charge in [0.2, 0.25) is 5.91 Å². The number of carbonyl (C=O) groups is 2. The molecule has 1 fully saturated rings. The molecule has 0 saturated carbocycles. The third kappa shape index (κ3) is 1.54. The van der Waals surface area contributed by atoms with Crippen LogP contribution in [0.4, 0.5) is 0 Å². The van der Waals surface area contributed by atoms with Crippen molar-refractivity contribution in [3.63, 3.8) is 0 Å². The van der Waals surface area contributed by atoms with Crippen LogP contribution in [0.3, 0.4) is 0 Å². The summed E-state index contributed by atoms with van der Waals surface area (Å²) in [6.07, 6.45) is 1.96. The molecule has 1 aliphatic rings. The van der Waals surface area contributed by atoms with Crippen molar-refractivity contribution in [1.29, 1.82) is 0 Å². The predicted octanol–water partition coefficient (Wildman–Crippen LogP) is 0.795. The van der Waals surface area contributed by atoms with Crippen LogP contribution in [0.25, 0.3) is 11.0 Å². The van der Waals surface area contributed by atoms with E-state index in [9.17, 15) is 14.7 Å². The fourth-order valence-electron chi connectivity index (χ4n) is 2.33. The van der Waals surface area contributed by atoms with Gasteiger partial charge in [-0.25, -0.2) is 9.78 Å². The van der Waals surface area contributed by atoms with Gasteiger partial charge in [-0.15, -0.1) is 0 Å². The molecule has 92 valence electrons. The van der Waals surface area contributed by atoms with E-state index in [1.807, 2.05) is 0 Å². The van der Waals surface area contributed by atoms with E-state index in [-0.39, 0.29) is 17.5 Å². The molecule has 2 N–H and O–H groups in total. The maximum Gasteiger partial charge on any atom is 0.337 e. The molecule has 1 aliphatic heterocycles. The first-order chi connectivity index (χ1) is 8.66. The molecule has 1 aromatic heterocycles. The third-order valence-electron chi connectivity index (χ3n) is 3.17. The first kappa shape index (κ1) is 10.8. The van der Waals surface area contributed by atoms with Crippen LogP contribution in [0, 0.1) is 0 Å². The molecule has 1 unspecified atom stereocenters. The Labute approximate surface area is 102 Å². The summed E-state index contributed by atoms with van der Waals surface area (Å²) in [5, 5.41) is 11.9. The zero-order chi connectivity index (χ0) is 12.7. The molecule has 1 amide bonds. The molecule has 6 heteroatoms. The Morgan fingerprint density at radius 1 is 1.50 bits per heavy atom. The number of benzene rings is 1. The normalized spacial score (nSPS) is 19.1. The van der Waals surface area contributed by atoms with Crippen molar-refractivity contribution in [3.8, 4) is 0 Å². The van der Waals surface area contributed by atoms with E-state index in [0.717, 1.165) is 0 Å². The van der Waals surface area contributed by atoms with Crippen LogP contribution in [0.1, 0.15) is 22.8 Å². The zero-order valence-electron chi connectivity index (χ0n) is 9.46. The van der Waals surface area contributed by atoms with Gasteiger partial charge < -0.3 is 15.0 Å². The van der Waals surface area contributed by atoms with Crippen molar-refractivity contribution in [3.05, 3.63) is 30.1 Å². The van der Waals surface area contributed by atoms with Gasteiger partial charge >= 0.3 is 5.97 Å². The molecule has 1 aromatic carbocycles. The van der Waals surface area contributed by atoms with Gasteiger partial charge in [-0.3, -0.25) is 4.79 Å². The quantitative estimate of drug-likeness (QED) is 0.819. The van der Waals surface area contributed by atoms with E-state index in [2.05, 4.69) is 10.3 Å². The highest BCUT2D eigenvalue weighted by molar-refractivity contribution is 6.01. The van der Waals surface area contributed by atoms with Gasteiger partial charge in [0.25, 0.3) is 0 Å². The van der Waals surface area contributed by atoms with Crippen LogP contribution in [-0.4, -0.2) is 33.1 Å². The maximum absolute atomic E-state index is 11.2. The number of nitrogens with one attached hydrogen (secondary N) is 1. The summed E-state index contributed by atoms with van der Waals surface area (Å²) < 4.78 is 1.77. The average Bonchev–Trinajstić information content (AvgIpc) is 2.94. The fourth-order valence-corrected chi connectivity index (χ4v) is 2.33. The molecule has 0 spiro atoms. The Kier molecular flexibility index (Phi) is 2.29. The van der Waals surface area contributed by atoms with Crippen molar-refractivity contribution >= 4 is 22.9 Å². The molecule has 18 heavy (non-hydrogen) atoms. The highest BCUT2D eigenvalue weighted by atomic mass is 16.4. The highest BCUT2D eigenvalue weighted by Crippen LogP contribution is 2.25. The van der Waals surface area contributed by atoms with Gasteiger partial charge in [-0.2, -0.15) is 0 Å². The fraction of sp³-hybridized carbons (Fsp3) is 0.250. The number of hydrogen-bond acceptors (Lipinski definition) is 3. The summed E-state index contributed by atoms with van der Waals surface area (Å²) in [5.41, 5.74) is 1.42. The van der Waals surface area contributed by atoms with Crippen molar-refractivity contribution < 1.29 is 14.7 Å². The number of carbonyl (C=O) groups excluding carboxylic acids is 1. The lowest BCUT2D eigenvalue weighted by molar-refractivity contribution is -0.119. The minimum Gasteiger partial charge on any atom is -0.478 e. The van der Waals surface area contributed by atoms with E-state index >= 15 is 0 Å². The van der Waals surface area contributed by atoms with E-state index in [1.165, 1.54) is 0 Å². The number of para-hydroxylation sites is 1. The van der Waals surface area contributed by atoms with Crippen LogP contribution in [0.2, 0.25) is 0 Å². The number of imidazole rings is 1. The van der Waals surface area contributed by atoms with E-state index < -0.39 is 5.97 Å². The number of nitrogens with zero attached hydrogens (tertiary/aromatic N) is 2. The average molecular weight is 245 g/mol. The SMILES string of the molecule is O=C1CC(n2cnc3cccc(C(=O)O)c32)CN1. The highest BCUT2D eigenvalue weighted by Gasteiger charge is 2.25. The molecule has 0 radical (unpaired) electrons. The Balaban J connectivity index is 2.18.